The highest BCUT2D eigenvalue weighted by molar-refractivity contribution is 14.1. The number of hydrogen-bond donors (Lipinski definition) is 2. The Hall–Kier alpha value is -1.40. The van der Waals surface area contributed by atoms with Gasteiger partial charge in [0.2, 0.25) is 11.0 Å². The Bertz CT molecular complexity index is 739. The quantitative estimate of drug-likeness (QED) is 0.373. The molecule has 0 aliphatic carbocycles. The summed E-state index contributed by atoms with van der Waals surface area (Å²) in [6, 6.07) is 5.82. The highest BCUT2D eigenvalue weighted by Crippen LogP contribution is 2.26. The van der Waals surface area contributed by atoms with Gasteiger partial charge in [-0.3, -0.25) is 10.1 Å². The lowest BCUT2D eigenvalue weighted by Crippen LogP contribution is -2.14. The Morgan fingerprint density at radius 3 is 2.83 bits per heavy atom. The van der Waals surface area contributed by atoms with Crippen LogP contribution in [-0.2, 0) is 9.53 Å². The number of benzene rings is 1. The SMILES string of the molecule is CCOC(=O)Nc1nnc(SCC(=O)Nc2ccc(I)cc2C)s1. The minimum absolute atomic E-state index is 0.126. The zero-order valence-corrected chi connectivity index (χ0v) is 16.8. The van der Waals surface area contributed by atoms with Gasteiger partial charge >= 0.3 is 6.09 Å². The second-order valence-corrected chi connectivity index (χ2v) is 7.96. The molecule has 128 valence electrons. The number of ether oxygens (including phenoxy) is 1. The lowest BCUT2D eigenvalue weighted by Gasteiger charge is -2.07. The van der Waals surface area contributed by atoms with Gasteiger partial charge in [-0.15, -0.1) is 10.2 Å². The highest BCUT2D eigenvalue weighted by atomic mass is 127. The number of hydrogen-bond acceptors (Lipinski definition) is 7. The lowest BCUT2D eigenvalue weighted by atomic mass is 10.2. The smallest absolute Gasteiger partial charge is 0.413 e. The van der Waals surface area contributed by atoms with E-state index in [4.69, 9.17) is 4.74 Å². The third kappa shape index (κ3) is 5.91. The predicted octanol–water partition coefficient (Wildman–Crippen LogP) is 3.75. The molecule has 7 nitrogen and oxygen atoms in total. The third-order valence-electron chi connectivity index (χ3n) is 2.68. The Kier molecular flexibility index (Phi) is 7.24. The first-order valence-corrected chi connectivity index (χ1v) is 9.82. The van der Waals surface area contributed by atoms with E-state index in [0.29, 0.717) is 9.47 Å². The molecule has 0 aliphatic heterocycles. The van der Waals surface area contributed by atoms with Crippen LogP contribution in [0.5, 0.6) is 0 Å². The maximum Gasteiger partial charge on any atom is 0.413 e. The molecule has 2 amide bonds. The van der Waals surface area contributed by atoms with Crippen molar-refractivity contribution in [3.63, 3.8) is 0 Å². The fourth-order valence-electron chi connectivity index (χ4n) is 1.65. The summed E-state index contributed by atoms with van der Waals surface area (Å²) in [6.45, 7) is 3.95. The minimum Gasteiger partial charge on any atom is -0.450 e. The van der Waals surface area contributed by atoms with Gasteiger partial charge in [0.1, 0.15) is 0 Å². The van der Waals surface area contributed by atoms with E-state index in [1.54, 1.807) is 6.92 Å². The molecule has 2 aromatic rings. The van der Waals surface area contributed by atoms with Crippen LogP contribution in [0.2, 0.25) is 0 Å². The molecule has 24 heavy (non-hydrogen) atoms. The molecule has 0 atom stereocenters. The first-order valence-electron chi connectivity index (χ1n) is 6.94. The number of nitrogens with one attached hydrogen (secondary N) is 2. The summed E-state index contributed by atoms with van der Waals surface area (Å²) < 4.78 is 6.47. The van der Waals surface area contributed by atoms with Crippen molar-refractivity contribution in [3.8, 4) is 0 Å². The third-order valence-corrected chi connectivity index (χ3v) is 5.32. The maximum absolute atomic E-state index is 12.0. The van der Waals surface area contributed by atoms with Crippen molar-refractivity contribution in [2.45, 2.75) is 18.2 Å². The minimum atomic E-state index is -0.572. The molecular weight excluding hydrogens is 463 g/mol. The summed E-state index contributed by atoms with van der Waals surface area (Å²) in [5, 5.41) is 13.4. The Labute approximate surface area is 161 Å². The number of halogens is 1. The van der Waals surface area contributed by atoms with Crippen LogP contribution in [0.4, 0.5) is 15.6 Å². The molecular formula is C14H15IN4O3S2. The monoisotopic (exact) mass is 478 g/mol. The summed E-state index contributed by atoms with van der Waals surface area (Å²) in [7, 11) is 0. The average Bonchev–Trinajstić information content (AvgIpc) is 2.96. The highest BCUT2D eigenvalue weighted by Gasteiger charge is 2.11. The van der Waals surface area contributed by atoms with Gasteiger partial charge in [-0.1, -0.05) is 23.1 Å². The van der Waals surface area contributed by atoms with Crippen molar-refractivity contribution in [2.24, 2.45) is 0 Å². The summed E-state index contributed by atoms with van der Waals surface area (Å²) in [5.41, 5.74) is 1.81. The van der Waals surface area contributed by atoms with Crippen molar-refractivity contribution in [3.05, 3.63) is 27.3 Å². The van der Waals surface area contributed by atoms with E-state index >= 15 is 0 Å². The first-order chi connectivity index (χ1) is 11.5. The Morgan fingerprint density at radius 1 is 1.33 bits per heavy atom. The molecule has 0 spiro atoms. The van der Waals surface area contributed by atoms with Crippen molar-refractivity contribution < 1.29 is 14.3 Å². The van der Waals surface area contributed by atoms with E-state index in [1.165, 1.54) is 23.1 Å². The summed E-state index contributed by atoms with van der Waals surface area (Å²) >= 11 is 4.67. The van der Waals surface area contributed by atoms with Gasteiger partial charge in [0.15, 0.2) is 4.34 Å². The normalized spacial score (nSPS) is 10.3. The molecule has 1 heterocycles. The molecule has 0 saturated carbocycles. The van der Waals surface area contributed by atoms with Crippen LogP contribution in [-0.4, -0.2) is 34.6 Å². The predicted molar refractivity (Wildman–Crippen MR) is 104 cm³/mol. The van der Waals surface area contributed by atoms with E-state index in [2.05, 4.69) is 43.4 Å². The molecule has 0 radical (unpaired) electrons. The molecule has 2 rings (SSSR count). The van der Waals surface area contributed by atoms with Crippen LogP contribution < -0.4 is 10.6 Å². The summed E-state index contributed by atoms with van der Waals surface area (Å²) in [4.78, 5) is 23.3. The largest absolute Gasteiger partial charge is 0.450 e. The number of anilines is 2. The Morgan fingerprint density at radius 2 is 2.12 bits per heavy atom. The van der Waals surface area contributed by atoms with E-state index in [9.17, 15) is 9.59 Å². The van der Waals surface area contributed by atoms with E-state index in [1.807, 2.05) is 25.1 Å². The van der Waals surface area contributed by atoms with Crippen LogP contribution in [0.15, 0.2) is 22.5 Å². The van der Waals surface area contributed by atoms with Crippen molar-refractivity contribution in [1.82, 2.24) is 10.2 Å². The molecule has 0 bridgehead atoms. The van der Waals surface area contributed by atoms with Gasteiger partial charge in [-0.05, 0) is 60.2 Å². The van der Waals surface area contributed by atoms with Gasteiger partial charge < -0.3 is 10.1 Å². The number of carbonyl (C=O) groups excluding carboxylic acids is 2. The van der Waals surface area contributed by atoms with E-state index in [-0.39, 0.29) is 18.3 Å². The lowest BCUT2D eigenvalue weighted by molar-refractivity contribution is -0.113. The van der Waals surface area contributed by atoms with Gasteiger partial charge in [0.05, 0.1) is 12.4 Å². The maximum atomic E-state index is 12.0. The molecule has 1 aromatic carbocycles. The van der Waals surface area contributed by atoms with Gasteiger partial charge in [0.25, 0.3) is 0 Å². The van der Waals surface area contributed by atoms with E-state index in [0.717, 1.165) is 14.8 Å². The fourth-order valence-corrected chi connectivity index (χ4v) is 3.84. The number of aryl methyl sites for hydroxylation is 1. The van der Waals surface area contributed by atoms with E-state index < -0.39 is 6.09 Å². The number of carbonyl (C=O) groups is 2. The number of rotatable bonds is 6. The number of nitrogens with zero attached hydrogens (tertiary/aromatic N) is 2. The molecule has 0 unspecified atom stereocenters. The second kappa shape index (κ2) is 9.18. The molecule has 2 N–H and O–H groups in total. The van der Waals surface area contributed by atoms with Crippen molar-refractivity contribution in [1.29, 1.82) is 0 Å². The molecule has 0 aliphatic rings. The Balaban J connectivity index is 1.83. The van der Waals surface area contributed by atoms with Crippen LogP contribution in [0.25, 0.3) is 0 Å². The van der Waals surface area contributed by atoms with Gasteiger partial charge in [-0.25, -0.2) is 4.79 Å². The topological polar surface area (TPSA) is 93.2 Å². The molecule has 10 heteroatoms. The fraction of sp³-hybridized carbons (Fsp3) is 0.286. The summed E-state index contributed by atoms with van der Waals surface area (Å²) in [5.74, 6) is 0.0823. The van der Waals surface area contributed by atoms with Crippen molar-refractivity contribution in [2.75, 3.05) is 23.0 Å². The first kappa shape index (κ1) is 18.9. The molecule has 1 aromatic heterocycles. The standard InChI is InChI=1S/C14H15IN4O3S2/c1-3-22-13(21)17-12-18-19-14(24-12)23-7-11(20)16-10-5-4-9(15)6-8(10)2/h4-6H,3,7H2,1-2H3,(H,16,20)(H,17,18,21). The van der Waals surface area contributed by atoms with Gasteiger partial charge in [0, 0.05) is 9.26 Å². The van der Waals surface area contributed by atoms with Crippen LogP contribution in [0.1, 0.15) is 12.5 Å². The second-order valence-electron chi connectivity index (χ2n) is 4.51. The average molecular weight is 478 g/mol. The van der Waals surface area contributed by atoms with Crippen LogP contribution in [0.3, 0.4) is 0 Å². The van der Waals surface area contributed by atoms with Crippen LogP contribution >= 0.6 is 45.7 Å². The van der Waals surface area contributed by atoms with Crippen LogP contribution in [0, 0.1) is 10.5 Å². The molecule has 0 fully saturated rings. The zero-order chi connectivity index (χ0) is 17.5. The zero-order valence-electron chi connectivity index (χ0n) is 13.0. The van der Waals surface area contributed by atoms with Gasteiger partial charge in [-0.2, -0.15) is 0 Å². The van der Waals surface area contributed by atoms with Crippen molar-refractivity contribution >= 4 is 68.5 Å². The number of thioether (sulfide) groups is 1. The number of amides is 2. The summed E-state index contributed by atoms with van der Waals surface area (Å²) in [6.07, 6.45) is -0.572. The molecule has 0 saturated heterocycles. The number of aromatic nitrogens is 2.